The van der Waals surface area contributed by atoms with Crippen molar-refractivity contribution in [3.63, 3.8) is 0 Å². The molecule has 11 atom stereocenters. The largest absolute Gasteiger partial charge is 0.462 e. The molecule has 0 aromatic carbocycles. The predicted molar refractivity (Wildman–Crippen MR) is 216 cm³/mol. The van der Waals surface area contributed by atoms with Gasteiger partial charge in [0, 0.05) is 17.8 Å². The van der Waals surface area contributed by atoms with E-state index in [1.54, 1.807) is 5.57 Å². The molecule has 53 heavy (non-hydrogen) atoms. The summed E-state index contributed by atoms with van der Waals surface area (Å²) in [5, 5.41) is 11.2. The number of unbranched alkanes of at least 4 members (excludes halogenated alkanes) is 14. The Morgan fingerprint density at radius 3 is 1.96 bits per heavy atom. The molecule has 5 nitrogen and oxygen atoms in total. The lowest BCUT2D eigenvalue weighted by molar-refractivity contribution is -0.177. The molecule has 3 saturated carbocycles. The number of carbonyl (C=O) groups is 1. The number of esters is 1. The minimum atomic E-state index is -0.679. The Hall–Kier alpha value is -0.910. The van der Waals surface area contributed by atoms with Gasteiger partial charge in [0.05, 0.1) is 11.7 Å². The molecule has 0 spiro atoms. The number of carbonyl (C=O) groups excluding carboxylic acids is 1. The normalized spacial score (nSPS) is 41.0. The summed E-state index contributed by atoms with van der Waals surface area (Å²) < 4.78 is 18.5. The van der Waals surface area contributed by atoms with E-state index in [0.717, 1.165) is 38.5 Å². The van der Waals surface area contributed by atoms with E-state index in [-0.39, 0.29) is 57.5 Å². The van der Waals surface area contributed by atoms with Gasteiger partial charge in [-0.05, 0) is 106 Å². The Balaban J connectivity index is 0.946. The fraction of sp³-hybridized carbons (Fsp3) is 0.938. The van der Waals surface area contributed by atoms with Gasteiger partial charge in [0.15, 0.2) is 6.29 Å². The lowest BCUT2D eigenvalue weighted by Gasteiger charge is -2.64. The van der Waals surface area contributed by atoms with Crippen LogP contribution in [0.2, 0.25) is 0 Å². The summed E-state index contributed by atoms with van der Waals surface area (Å²) in [5.41, 5.74) is 2.10. The average molecular weight is 739 g/mol. The highest BCUT2D eigenvalue weighted by atomic mass is 16.7. The molecule has 0 amide bonds. The maximum atomic E-state index is 13.2. The van der Waals surface area contributed by atoms with Crippen LogP contribution in [0.1, 0.15) is 209 Å². The summed E-state index contributed by atoms with van der Waals surface area (Å²) in [4.78, 5) is 13.2. The maximum absolute atomic E-state index is 13.2. The van der Waals surface area contributed by atoms with E-state index in [1.807, 2.05) is 0 Å². The molecule has 5 fully saturated rings. The van der Waals surface area contributed by atoms with Crippen LogP contribution in [0.4, 0.5) is 0 Å². The third-order valence-corrected chi connectivity index (χ3v) is 17.2. The molecular formula is C48H82O5. The molecule has 0 bridgehead atoms. The van der Waals surface area contributed by atoms with Gasteiger partial charge in [-0.2, -0.15) is 0 Å². The monoisotopic (exact) mass is 739 g/mol. The van der Waals surface area contributed by atoms with Crippen LogP contribution in [0.15, 0.2) is 11.6 Å². The van der Waals surface area contributed by atoms with E-state index < -0.39 is 6.29 Å². The lowest BCUT2D eigenvalue weighted by atomic mass is 9.41. The smallest absolute Gasteiger partial charge is 0.306 e. The van der Waals surface area contributed by atoms with E-state index in [1.165, 1.54) is 109 Å². The molecule has 6 rings (SSSR count). The zero-order valence-corrected chi connectivity index (χ0v) is 35.7. The summed E-state index contributed by atoms with van der Waals surface area (Å²) in [6.07, 6.45) is 31.7. The van der Waals surface area contributed by atoms with Crippen molar-refractivity contribution in [1.29, 1.82) is 0 Å². The van der Waals surface area contributed by atoms with Crippen LogP contribution in [0.3, 0.4) is 0 Å². The van der Waals surface area contributed by atoms with Crippen LogP contribution in [0, 0.1) is 45.3 Å². The average Bonchev–Trinajstić information content (AvgIpc) is 3.43. The lowest BCUT2D eigenvalue weighted by Crippen LogP contribution is -2.58. The Labute approximate surface area is 325 Å². The van der Waals surface area contributed by atoms with Gasteiger partial charge in [-0.25, -0.2) is 0 Å². The Morgan fingerprint density at radius 1 is 0.792 bits per heavy atom. The van der Waals surface area contributed by atoms with Crippen LogP contribution in [-0.4, -0.2) is 41.3 Å². The first-order valence-electron chi connectivity index (χ1n) is 23.1. The highest BCUT2D eigenvalue weighted by molar-refractivity contribution is 5.69. The third-order valence-electron chi connectivity index (χ3n) is 17.2. The third kappa shape index (κ3) is 8.40. The molecule has 2 aliphatic heterocycles. The Morgan fingerprint density at radius 2 is 1.38 bits per heavy atom. The van der Waals surface area contributed by atoms with E-state index in [0.29, 0.717) is 24.2 Å². The van der Waals surface area contributed by atoms with Crippen molar-refractivity contribution in [2.45, 2.75) is 240 Å². The molecule has 0 aromatic rings. The van der Waals surface area contributed by atoms with Gasteiger partial charge < -0.3 is 19.3 Å². The van der Waals surface area contributed by atoms with Crippen molar-refractivity contribution in [1.82, 2.24) is 0 Å². The van der Waals surface area contributed by atoms with Crippen molar-refractivity contribution in [3.8, 4) is 0 Å². The van der Waals surface area contributed by atoms with Gasteiger partial charge in [0.1, 0.15) is 12.2 Å². The molecule has 0 unspecified atom stereocenters. The number of allylic oxidation sites excluding steroid dienone is 2. The summed E-state index contributed by atoms with van der Waals surface area (Å²) in [6.45, 7) is 19.1. The number of aliphatic hydroxyl groups excluding tert-OH is 1. The van der Waals surface area contributed by atoms with Gasteiger partial charge in [-0.3, -0.25) is 4.79 Å². The standard InChI is InChI=1S/C48H82O5/c1-9-10-11-12-13-14-15-16-17-18-19-20-21-22-23-24-41(49)52-40-29-30-46(6)36-28-32-47(7)35(34-33-38(51-43(34)50)42-45(4,5)53-42)27-31-48(47,8)37(36)25-26-39(46)44(40,2)3/h25,34-36,38-40,42-43,50H,9-24,26-33H2,1-8H3/t34-,35-,36-,38+,39-,40-,42+,43+,46+,47-,48+/m0/s1. The quantitative estimate of drug-likeness (QED) is 0.0618. The molecule has 2 heterocycles. The maximum Gasteiger partial charge on any atom is 0.306 e. The second kappa shape index (κ2) is 16.9. The second-order valence-electron chi connectivity index (χ2n) is 21.1. The van der Waals surface area contributed by atoms with Crippen molar-refractivity contribution >= 4 is 5.97 Å². The SMILES string of the molecule is CCCCCCCCCCCCCCCCCC(=O)O[C@H]1CC[C@]2(C)[C@H]3CC[C@@]4(C)[C@H]([C@@H]5C[C@H]([C@H]6OC6(C)C)O[C@H]5O)CC[C@]4(C)C3=CC[C@H]2C1(C)C. The van der Waals surface area contributed by atoms with Gasteiger partial charge >= 0.3 is 5.97 Å². The minimum absolute atomic E-state index is 0.0110. The zero-order valence-electron chi connectivity index (χ0n) is 35.7. The Bertz CT molecular complexity index is 1250. The molecule has 2 saturated heterocycles. The minimum Gasteiger partial charge on any atom is -0.462 e. The molecule has 4 aliphatic carbocycles. The van der Waals surface area contributed by atoms with Gasteiger partial charge in [-0.15, -0.1) is 0 Å². The van der Waals surface area contributed by atoms with Crippen LogP contribution in [0.5, 0.6) is 0 Å². The number of hydrogen-bond donors (Lipinski definition) is 1. The predicted octanol–water partition coefficient (Wildman–Crippen LogP) is 12.7. The highest BCUT2D eigenvalue weighted by Crippen LogP contribution is 2.74. The van der Waals surface area contributed by atoms with E-state index in [2.05, 4.69) is 61.5 Å². The number of aliphatic hydroxyl groups is 1. The first kappa shape index (κ1) is 41.7. The molecule has 0 radical (unpaired) electrons. The molecule has 5 heteroatoms. The van der Waals surface area contributed by atoms with Crippen molar-refractivity contribution < 1.29 is 24.1 Å². The van der Waals surface area contributed by atoms with Crippen molar-refractivity contribution in [2.24, 2.45) is 45.3 Å². The van der Waals surface area contributed by atoms with Crippen LogP contribution in [0.25, 0.3) is 0 Å². The molecule has 304 valence electrons. The van der Waals surface area contributed by atoms with Crippen LogP contribution in [-0.2, 0) is 19.0 Å². The van der Waals surface area contributed by atoms with Gasteiger partial charge in [0.25, 0.3) is 0 Å². The first-order chi connectivity index (χ1) is 25.2. The number of epoxide rings is 1. The van der Waals surface area contributed by atoms with E-state index in [4.69, 9.17) is 14.2 Å². The van der Waals surface area contributed by atoms with Crippen molar-refractivity contribution in [3.05, 3.63) is 11.6 Å². The summed E-state index contributed by atoms with van der Waals surface area (Å²) >= 11 is 0. The fourth-order valence-corrected chi connectivity index (χ4v) is 13.6. The fourth-order valence-electron chi connectivity index (χ4n) is 13.6. The zero-order chi connectivity index (χ0) is 38.1. The number of rotatable bonds is 19. The summed E-state index contributed by atoms with van der Waals surface area (Å²) in [7, 11) is 0. The highest BCUT2D eigenvalue weighted by Gasteiger charge is 2.67. The van der Waals surface area contributed by atoms with E-state index in [9.17, 15) is 9.90 Å². The van der Waals surface area contributed by atoms with Crippen LogP contribution < -0.4 is 0 Å². The van der Waals surface area contributed by atoms with Crippen molar-refractivity contribution in [2.75, 3.05) is 0 Å². The van der Waals surface area contributed by atoms with Gasteiger partial charge in [-0.1, -0.05) is 143 Å². The Kier molecular flexibility index (Phi) is 13.3. The molecular weight excluding hydrogens is 657 g/mol. The first-order valence-corrected chi connectivity index (χ1v) is 23.1. The second-order valence-corrected chi connectivity index (χ2v) is 21.1. The number of fused-ring (bicyclic) bond motifs is 5. The number of ether oxygens (including phenoxy) is 3. The van der Waals surface area contributed by atoms with Gasteiger partial charge in [0.2, 0.25) is 0 Å². The number of hydrogen-bond acceptors (Lipinski definition) is 5. The molecule has 6 aliphatic rings. The summed E-state index contributed by atoms with van der Waals surface area (Å²) in [6, 6.07) is 0. The molecule has 0 aromatic heterocycles. The molecule has 1 N–H and O–H groups in total. The summed E-state index contributed by atoms with van der Waals surface area (Å²) in [5.74, 6) is 1.79. The van der Waals surface area contributed by atoms with E-state index >= 15 is 0 Å². The van der Waals surface area contributed by atoms with Crippen LogP contribution >= 0.6 is 0 Å². The topological polar surface area (TPSA) is 68.3 Å².